The van der Waals surface area contributed by atoms with Gasteiger partial charge in [0, 0.05) is 58.1 Å². The third-order valence-electron chi connectivity index (χ3n) is 7.79. The first-order chi connectivity index (χ1) is 19.7. The normalized spacial score (nSPS) is 21.9. The number of carbonyl (C=O) groups is 1. The van der Waals surface area contributed by atoms with E-state index in [1.54, 1.807) is 29.5 Å². The molecule has 2 heterocycles. The van der Waals surface area contributed by atoms with Crippen molar-refractivity contribution in [3.8, 4) is 5.75 Å². The number of aromatic hydroxyl groups is 1. The van der Waals surface area contributed by atoms with E-state index in [1.807, 2.05) is 43.4 Å². The van der Waals surface area contributed by atoms with Gasteiger partial charge in [0.2, 0.25) is 5.91 Å². The number of aliphatic hydroxyl groups is 3. The van der Waals surface area contributed by atoms with E-state index < -0.39 is 18.3 Å². The molecule has 2 aromatic heterocycles. The second kappa shape index (κ2) is 15.0. The van der Waals surface area contributed by atoms with Crippen molar-refractivity contribution < 1.29 is 25.2 Å². The van der Waals surface area contributed by atoms with Crippen LogP contribution >= 0.6 is 22.9 Å². The largest absolute Gasteiger partial charge is 0.508 e. The van der Waals surface area contributed by atoms with Gasteiger partial charge in [-0.05, 0) is 75.3 Å². The highest BCUT2D eigenvalue weighted by Crippen LogP contribution is 2.36. The maximum Gasteiger partial charge on any atom is 0.220 e. The van der Waals surface area contributed by atoms with Crippen molar-refractivity contribution in [3.63, 3.8) is 0 Å². The molecule has 0 radical (unpaired) electrons. The quantitative estimate of drug-likeness (QED) is 0.106. The number of carbonyl (C=O) groups excluding carboxylic acids is 1. The SMILES string of the molecule is Cc1sc(CC[C@H](O)C=C[C@@H]2[C@@H](CC=CCCCC(=O)NCCc3cc4cc(O)ccc4[nH]3)[C@@H](O)C[C@H]2O)cc1Cl. The van der Waals surface area contributed by atoms with Gasteiger partial charge < -0.3 is 30.7 Å². The van der Waals surface area contributed by atoms with Gasteiger partial charge in [-0.2, -0.15) is 0 Å². The number of aromatic amines is 1. The van der Waals surface area contributed by atoms with E-state index >= 15 is 0 Å². The molecule has 7 nitrogen and oxygen atoms in total. The number of H-pyrrole nitrogens is 1. The Bertz CT molecular complexity index is 1330. The molecular formula is C32H41ClN2O5S. The van der Waals surface area contributed by atoms with Crippen LogP contribution in [-0.4, -0.2) is 56.2 Å². The van der Waals surface area contributed by atoms with Gasteiger partial charge in [0.15, 0.2) is 0 Å². The van der Waals surface area contributed by atoms with Crippen molar-refractivity contribution >= 4 is 39.7 Å². The van der Waals surface area contributed by atoms with Crippen LogP contribution in [-0.2, 0) is 17.6 Å². The van der Waals surface area contributed by atoms with E-state index in [-0.39, 0.29) is 23.5 Å². The Morgan fingerprint density at radius 2 is 2.02 bits per heavy atom. The molecule has 0 unspecified atom stereocenters. The first-order valence-corrected chi connectivity index (χ1v) is 15.6. The van der Waals surface area contributed by atoms with Gasteiger partial charge in [0.05, 0.1) is 23.3 Å². The molecule has 9 heteroatoms. The maximum absolute atomic E-state index is 12.2. The van der Waals surface area contributed by atoms with Gasteiger partial charge in [0.25, 0.3) is 0 Å². The Labute approximate surface area is 250 Å². The number of phenols is 1. The molecule has 1 saturated carbocycles. The Morgan fingerprint density at radius 3 is 2.80 bits per heavy atom. The number of rotatable bonds is 14. The molecule has 5 atom stereocenters. The highest BCUT2D eigenvalue weighted by molar-refractivity contribution is 7.12. The van der Waals surface area contributed by atoms with Crippen LogP contribution in [0.2, 0.25) is 5.02 Å². The number of halogens is 1. The van der Waals surface area contributed by atoms with E-state index in [0.29, 0.717) is 38.6 Å². The molecule has 1 aromatic carbocycles. The lowest BCUT2D eigenvalue weighted by Gasteiger charge is -2.19. The first-order valence-electron chi connectivity index (χ1n) is 14.4. The standard InChI is InChI=1S/C32H41ClN2O5S/c1-20-28(33)18-25(41-20)11-8-23(36)9-12-27-26(30(38)19-31(27)39)6-4-2-3-5-7-32(40)34-15-14-22-16-21-17-24(37)10-13-29(21)35-22/h2,4,9-10,12-13,16-18,23,26-27,30-31,35-39H,3,5-8,11,14-15,19H2,1H3,(H,34,40)/t23-,26+,27+,30-,31+/m0/s1. The second-order valence-corrected chi connectivity index (χ2v) is 12.7. The maximum atomic E-state index is 12.2. The van der Waals surface area contributed by atoms with E-state index in [1.165, 1.54) is 0 Å². The molecule has 0 aliphatic heterocycles. The Balaban J connectivity index is 1.13. The predicted octanol–water partition coefficient (Wildman–Crippen LogP) is 5.58. The number of nitrogens with one attached hydrogen (secondary N) is 2. The minimum atomic E-state index is -0.634. The molecule has 1 aliphatic rings. The molecular weight excluding hydrogens is 560 g/mol. The molecule has 1 fully saturated rings. The zero-order valence-electron chi connectivity index (χ0n) is 23.4. The van der Waals surface area contributed by atoms with Crippen LogP contribution in [0, 0.1) is 18.8 Å². The zero-order chi connectivity index (χ0) is 29.4. The van der Waals surface area contributed by atoms with Crippen molar-refractivity contribution in [2.75, 3.05) is 6.54 Å². The summed E-state index contributed by atoms with van der Waals surface area (Å²) in [5.41, 5.74) is 1.97. The number of aliphatic hydroxyl groups excluding tert-OH is 3. The summed E-state index contributed by atoms with van der Waals surface area (Å²) in [6, 6.07) is 9.13. The topological polar surface area (TPSA) is 126 Å². The number of allylic oxidation sites excluding steroid dienone is 2. The molecule has 0 bridgehead atoms. The van der Waals surface area contributed by atoms with Gasteiger partial charge in [0.1, 0.15) is 5.75 Å². The highest BCUT2D eigenvalue weighted by atomic mass is 35.5. The zero-order valence-corrected chi connectivity index (χ0v) is 25.0. The van der Waals surface area contributed by atoms with E-state index in [0.717, 1.165) is 50.6 Å². The minimum absolute atomic E-state index is 0.0163. The minimum Gasteiger partial charge on any atom is -0.508 e. The number of thiophene rings is 1. The van der Waals surface area contributed by atoms with Crippen molar-refractivity contribution in [2.45, 2.75) is 76.6 Å². The summed E-state index contributed by atoms with van der Waals surface area (Å²) in [6.07, 6.45) is 10.7. The summed E-state index contributed by atoms with van der Waals surface area (Å²) in [5.74, 6) is -0.0731. The highest BCUT2D eigenvalue weighted by Gasteiger charge is 2.39. The summed E-state index contributed by atoms with van der Waals surface area (Å²) < 4.78 is 0. The Kier molecular flexibility index (Phi) is 11.5. The molecule has 222 valence electrons. The third-order valence-corrected chi connectivity index (χ3v) is 9.41. The average Bonchev–Trinajstić information content (AvgIpc) is 3.56. The first kappa shape index (κ1) is 31.3. The summed E-state index contributed by atoms with van der Waals surface area (Å²) in [5, 5.41) is 45.7. The van der Waals surface area contributed by atoms with Crippen LogP contribution in [0.15, 0.2) is 54.6 Å². The lowest BCUT2D eigenvalue weighted by molar-refractivity contribution is -0.121. The number of unbranched alkanes of at least 4 members (excludes halogenated alkanes) is 1. The van der Waals surface area contributed by atoms with Crippen LogP contribution in [0.25, 0.3) is 10.9 Å². The number of phenolic OH excluding ortho intramolecular Hbond substituents is 1. The molecule has 41 heavy (non-hydrogen) atoms. The fraction of sp³-hybridized carbons (Fsp3) is 0.469. The van der Waals surface area contributed by atoms with Gasteiger partial charge in [-0.25, -0.2) is 0 Å². The Hall–Kier alpha value is -2.62. The van der Waals surface area contributed by atoms with E-state index in [4.69, 9.17) is 11.6 Å². The molecule has 1 aliphatic carbocycles. The van der Waals surface area contributed by atoms with Crippen molar-refractivity contribution in [3.05, 3.63) is 75.1 Å². The molecule has 6 N–H and O–H groups in total. The summed E-state index contributed by atoms with van der Waals surface area (Å²) in [4.78, 5) is 17.7. The fourth-order valence-corrected chi connectivity index (χ4v) is 6.74. The fourth-order valence-electron chi connectivity index (χ4n) is 5.48. The average molecular weight is 601 g/mol. The molecule has 0 spiro atoms. The summed E-state index contributed by atoms with van der Waals surface area (Å²) >= 11 is 7.77. The molecule has 0 saturated heterocycles. The summed E-state index contributed by atoms with van der Waals surface area (Å²) in [6.45, 7) is 2.52. The smallest absolute Gasteiger partial charge is 0.220 e. The lowest BCUT2D eigenvalue weighted by Crippen LogP contribution is -2.25. The number of amides is 1. The number of aromatic nitrogens is 1. The van der Waals surface area contributed by atoms with Crippen LogP contribution in [0.3, 0.4) is 0 Å². The van der Waals surface area contributed by atoms with Crippen LogP contribution in [0.5, 0.6) is 5.75 Å². The Morgan fingerprint density at radius 1 is 1.20 bits per heavy atom. The van der Waals surface area contributed by atoms with Crippen molar-refractivity contribution in [1.29, 1.82) is 0 Å². The number of hydrogen-bond acceptors (Lipinski definition) is 6. The lowest BCUT2D eigenvalue weighted by atomic mass is 9.89. The number of hydrogen-bond donors (Lipinski definition) is 6. The van der Waals surface area contributed by atoms with Gasteiger partial charge in [-0.3, -0.25) is 4.79 Å². The molecule has 1 amide bonds. The van der Waals surface area contributed by atoms with Crippen molar-refractivity contribution in [2.24, 2.45) is 11.8 Å². The third kappa shape index (κ3) is 9.18. The van der Waals surface area contributed by atoms with E-state index in [9.17, 15) is 25.2 Å². The number of fused-ring (bicyclic) bond motifs is 1. The van der Waals surface area contributed by atoms with Gasteiger partial charge in [-0.1, -0.05) is 35.9 Å². The monoisotopic (exact) mass is 600 g/mol. The van der Waals surface area contributed by atoms with Gasteiger partial charge >= 0.3 is 0 Å². The molecule has 4 rings (SSSR count). The van der Waals surface area contributed by atoms with Gasteiger partial charge in [-0.15, -0.1) is 11.3 Å². The summed E-state index contributed by atoms with van der Waals surface area (Å²) in [7, 11) is 0. The van der Waals surface area contributed by atoms with Crippen LogP contribution < -0.4 is 5.32 Å². The molecule has 3 aromatic rings. The van der Waals surface area contributed by atoms with E-state index in [2.05, 4.69) is 10.3 Å². The second-order valence-electron chi connectivity index (χ2n) is 11.0. The van der Waals surface area contributed by atoms with Crippen LogP contribution in [0.1, 0.15) is 54.0 Å². The van der Waals surface area contributed by atoms with Crippen LogP contribution in [0.4, 0.5) is 0 Å². The number of aryl methyl sites for hydroxylation is 2. The van der Waals surface area contributed by atoms with Crippen molar-refractivity contribution in [1.82, 2.24) is 10.3 Å². The predicted molar refractivity (Wildman–Crippen MR) is 165 cm³/mol. The number of benzene rings is 1.